The van der Waals surface area contributed by atoms with Crippen LogP contribution in [0.15, 0.2) is 36.4 Å². The van der Waals surface area contributed by atoms with E-state index in [1.165, 1.54) is 18.2 Å². The van der Waals surface area contributed by atoms with E-state index in [1.54, 1.807) is 25.3 Å². The first-order valence-corrected chi connectivity index (χ1v) is 8.71. The fraction of sp³-hybridized carbons (Fsp3) is 0.318. The van der Waals surface area contributed by atoms with Gasteiger partial charge in [0, 0.05) is 5.56 Å². The van der Waals surface area contributed by atoms with E-state index in [4.69, 9.17) is 4.74 Å². The first kappa shape index (κ1) is 19.6. The molecule has 138 valence electrons. The maximum atomic E-state index is 12.4. The Morgan fingerprint density at radius 1 is 1.00 bits per heavy atom. The molecule has 4 nitrogen and oxygen atoms in total. The lowest BCUT2D eigenvalue weighted by Crippen LogP contribution is -2.02. The molecule has 0 aliphatic carbocycles. The summed E-state index contributed by atoms with van der Waals surface area (Å²) in [4.78, 5) is 12.4. The number of carbonyl (C=O) groups excluding carboxylic acids is 1. The first-order valence-electron chi connectivity index (χ1n) is 8.71. The van der Waals surface area contributed by atoms with Crippen molar-refractivity contribution in [1.29, 1.82) is 0 Å². The third kappa shape index (κ3) is 4.07. The molecule has 0 aromatic heterocycles. The lowest BCUT2D eigenvalue weighted by Gasteiger charge is -2.20. The molecule has 0 bridgehead atoms. The molecule has 0 saturated heterocycles. The van der Waals surface area contributed by atoms with Gasteiger partial charge in [0.2, 0.25) is 0 Å². The van der Waals surface area contributed by atoms with Crippen LogP contribution in [0.4, 0.5) is 0 Å². The number of methoxy groups -OCH3 is 1. The molecule has 26 heavy (non-hydrogen) atoms. The molecule has 2 rings (SSSR count). The second kappa shape index (κ2) is 8.09. The second-order valence-corrected chi connectivity index (χ2v) is 6.90. The zero-order chi connectivity index (χ0) is 19.4. The van der Waals surface area contributed by atoms with Crippen molar-refractivity contribution in [3.8, 4) is 17.2 Å². The largest absolute Gasteiger partial charge is 0.508 e. The van der Waals surface area contributed by atoms with Crippen molar-refractivity contribution in [3.05, 3.63) is 58.7 Å². The van der Waals surface area contributed by atoms with Crippen LogP contribution in [0.2, 0.25) is 0 Å². The van der Waals surface area contributed by atoms with E-state index < -0.39 is 0 Å². The van der Waals surface area contributed by atoms with Gasteiger partial charge in [-0.25, -0.2) is 0 Å². The second-order valence-electron chi connectivity index (χ2n) is 6.90. The van der Waals surface area contributed by atoms with E-state index in [-0.39, 0.29) is 29.1 Å². The van der Waals surface area contributed by atoms with E-state index in [0.29, 0.717) is 16.9 Å². The number of aromatic hydroxyl groups is 2. The maximum Gasteiger partial charge on any atom is 0.185 e. The Bertz CT molecular complexity index is 815. The van der Waals surface area contributed by atoms with Crippen molar-refractivity contribution in [2.24, 2.45) is 0 Å². The molecule has 0 spiro atoms. The summed E-state index contributed by atoms with van der Waals surface area (Å²) in [5.74, 6) is 0.956. The number of phenolic OH excluding ortho intramolecular Hbond substituents is 2. The summed E-state index contributed by atoms with van der Waals surface area (Å²) in [6.07, 6.45) is 3.01. The number of benzene rings is 2. The van der Waals surface area contributed by atoms with Crippen LogP contribution in [0.1, 0.15) is 66.6 Å². The van der Waals surface area contributed by atoms with E-state index in [0.717, 1.165) is 11.1 Å². The van der Waals surface area contributed by atoms with Crippen molar-refractivity contribution < 1.29 is 19.7 Å². The Morgan fingerprint density at radius 3 is 2.08 bits per heavy atom. The van der Waals surface area contributed by atoms with Gasteiger partial charge in [0.05, 0.1) is 12.7 Å². The monoisotopic (exact) mass is 354 g/mol. The summed E-state index contributed by atoms with van der Waals surface area (Å²) >= 11 is 0. The molecular weight excluding hydrogens is 328 g/mol. The summed E-state index contributed by atoms with van der Waals surface area (Å²) in [5.41, 5.74) is 2.79. The van der Waals surface area contributed by atoms with Crippen LogP contribution in [0.3, 0.4) is 0 Å². The average Bonchev–Trinajstić information content (AvgIpc) is 2.59. The molecule has 2 N–H and O–H groups in total. The Kier molecular flexibility index (Phi) is 6.09. The molecule has 0 fully saturated rings. The highest BCUT2D eigenvalue weighted by Gasteiger charge is 2.20. The van der Waals surface area contributed by atoms with Gasteiger partial charge < -0.3 is 14.9 Å². The molecule has 0 amide bonds. The smallest absolute Gasteiger partial charge is 0.185 e. The Labute approximate surface area is 154 Å². The molecule has 0 heterocycles. The standard InChI is InChI=1S/C22H26O4/c1-13(2)18-12-19(14(3)4)22(26-5)17(21(18)25)10-11-20(24)15-6-8-16(23)9-7-15/h6-14,23,25H,1-5H3/b11-10+. The number of carbonyl (C=O) groups is 1. The van der Waals surface area contributed by atoms with Gasteiger partial charge in [0.1, 0.15) is 17.2 Å². The van der Waals surface area contributed by atoms with E-state index in [9.17, 15) is 15.0 Å². The molecule has 2 aromatic carbocycles. The highest BCUT2D eigenvalue weighted by Crippen LogP contribution is 2.41. The third-order valence-corrected chi connectivity index (χ3v) is 4.35. The van der Waals surface area contributed by atoms with E-state index in [1.807, 2.05) is 19.9 Å². The highest BCUT2D eigenvalue weighted by molar-refractivity contribution is 6.07. The number of hydrogen-bond acceptors (Lipinski definition) is 4. The molecule has 0 aliphatic heterocycles. The fourth-order valence-corrected chi connectivity index (χ4v) is 2.85. The zero-order valence-electron chi connectivity index (χ0n) is 15.9. The molecule has 4 heteroatoms. The highest BCUT2D eigenvalue weighted by atomic mass is 16.5. The lowest BCUT2D eigenvalue weighted by molar-refractivity contribution is 0.104. The Hall–Kier alpha value is -2.75. The number of ketones is 1. The summed E-state index contributed by atoms with van der Waals surface area (Å²) in [5, 5.41) is 20.1. The van der Waals surface area contributed by atoms with Crippen molar-refractivity contribution >= 4 is 11.9 Å². The van der Waals surface area contributed by atoms with E-state index in [2.05, 4.69) is 13.8 Å². The minimum atomic E-state index is -0.215. The predicted molar refractivity (Wildman–Crippen MR) is 104 cm³/mol. The first-order chi connectivity index (χ1) is 12.3. The number of hydrogen-bond donors (Lipinski definition) is 2. The van der Waals surface area contributed by atoms with Crippen LogP contribution >= 0.6 is 0 Å². The van der Waals surface area contributed by atoms with Crippen LogP contribution in [0.25, 0.3) is 6.08 Å². The number of phenols is 2. The minimum absolute atomic E-state index is 0.107. The fourth-order valence-electron chi connectivity index (χ4n) is 2.85. The van der Waals surface area contributed by atoms with Crippen LogP contribution < -0.4 is 4.74 Å². The van der Waals surface area contributed by atoms with Crippen LogP contribution in [0, 0.1) is 0 Å². The summed E-state index contributed by atoms with van der Waals surface area (Å²) in [6.45, 7) is 8.16. The normalized spacial score (nSPS) is 11.5. The Morgan fingerprint density at radius 2 is 1.58 bits per heavy atom. The summed E-state index contributed by atoms with van der Waals surface area (Å²) in [6, 6.07) is 8.03. The third-order valence-electron chi connectivity index (χ3n) is 4.35. The molecular formula is C22H26O4. The molecule has 2 aromatic rings. The Balaban J connectivity index is 2.52. The number of rotatable bonds is 6. The van der Waals surface area contributed by atoms with Gasteiger partial charge in [0.15, 0.2) is 5.78 Å². The predicted octanol–water partition coefficient (Wildman–Crippen LogP) is 5.25. The van der Waals surface area contributed by atoms with Gasteiger partial charge in [-0.1, -0.05) is 27.7 Å². The van der Waals surface area contributed by atoms with Gasteiger partial charge in [-0.3, -0.25) is 4.79 Å². The van der Waals surface area contributed by atoms with Gasteiger partial charge in [-0.05, 0) is 65.4 Å². The molecule has 0 aliphatic rings. The molecule has 0 saturated carbocycles. The van der Waals surface area contributed by atoms with E-state index >= 15 is 0 Å². The average molecular weight is 354 g/mol. The summed E-state index contributed by atoms with van der Waals surface area (Å²) < 4.78 is 5.55. The summed E-state index contributed by atoms with van der Waals surface area (Å²) in [7, 11) is 1.56. The van der Waals surface area contributed by atoms with Crippen molar-refractivity contribution in [2.45, 2.75) is 39.5 Å². The van der Waals surface area contributed by atoms with Gasteiger partial charge >= 0.3 is 0 Å². The topological polar surface area (TPSA) is 66.8 Å². The van der Waals surface area contributed by atoms with Gasteiger partial charge in [-0.2, -0.15) is 0 Å². The zero-order valence-corrected chi connectivity index (χ0v) is 15.9. The minimum Gasteiger partial charge on any atom is -0.508 e. The lowest BCUT2D eigenvalue weighted by atomic mass is 9.90. The van der Waals surface area contributed by atoms with Crippen molar-refractivity contribution in [1.82, 2.24) is 0 Å². The molecule has 0 atom stereocenters. The number of allylic oxidation sites excluding steroid dienone is 1. The quantitative estimate of drug-likeness (QED) is 0.549. The number of ether oxygens (including phenoxy) is 1. The van der Waals surface area contributed by atoms with Crippen molar-refractivity contribution in [2.75, 3.05) is 7.11 Å². The van der Waals surface area contributed by atoms with Gasteiger partial charge in [-0.15, -0.1) is 0 Å². The van der Waals surface area contributed by atoms with Crippen LogP contribution in [-0.4, -0.2) is 23.1 Å². The maximum absolute atomic E-state index is 12.4. The van der Waals surface area contributed by atoms with Gasteiger partial charge in [0.25, 0.3) is 0 Å². The SMILES string of the molecule is COc1c(C(C)C)cc(C(C)C)c(O)c1/C=C/C(=O)c1ccc(O)cc1. The van der Waals surface area contributed by atoms with Crippen molar-refractivity contribution in [3.63, 3.8) is 0 Å². The van der Waals surface area contributed by atoms with Crippen LogP contribution in [-0.2, 0) is 0 Å². The van der Waals surface area contributed by atoms with Crippen LogP contribution in [0.5, 0.6) is 17.2 Å². The molecule has 0 radical (unpaired) electrons. The molecule has 0 unspecified atom stereocenters.